The lowest BCUT2D eigenvalue weighted by Crippen LogP contribution is -2.36. The molecule has 0 amide bonds. The summed E-state index contributed by atoms with van der Waals surface area (Å²) in [5, 5.41) is 30.4. The van der Waals surface area contributed by atoms with Crippen molar-refractivity contribution >= 4 is 33.4 Å². The van der Waals surface area contributed by atoms with Crippen LogP contribution < -0.4 is 11.4 Å². The van der Waals surface area contributed by atoms with Crippen molar-refractivity contribution in [2.45, 2.75) is 212 Å². The number of anilines is 1. The van der Waals surface area contributed by atoms with Crippen LogP contribution in [-0.4, -0.2) is 96.9 Å². The predicted octanol–water partition coefficient (Wildman–Crippen LogP) is 10.3. The Hall–Kier alpha value is -3.58. The number of unbranched alkanes of at least 4 members (excludes halogenated alkanes) is 14. The van der Waals surface area contributed by atoms with Crippen LogP contribution in [0.1, 0.15) is 181 Å². The molecule has 0 bridgehead atoms. The van der Waals surface area contributed by atoms with Gasteiger partial charge in [-0.05, 0) is 56.9 Å². The van der Waals surface area contributed by atoms with Crippen LogP contribution in [-0.2, 0) is 46.3 Å². The van der Waals surface area contributed by atoms with Crippen molar-refractivity contribution in [3.8, 4) is 0 Å². The highest BCUT2D eigenvalue weighted by Crippen LogP contribution is 2.60. The molecule has 0 aromatic carbocycles. The summed E-state index contributed by atoms with van der Waals surface area (Å²) in [4.78, 5) is 62.0. The number of ether oxygens (including phenoxy) is 3. The molecule has 1 aromatic rings. The number of aromatic nitrogens is 2. The van der Waals surface area contributed by atoms with E-state index in [0.29, 0.717) is 32.1 Å². The van der Waals surface area contributed by atoms with Crippen molar-refractivity contribution in [1.82, 2.24) is 9.55 Å². The summed E-state index contributed by atoms with van der Waals surface area (Å²) in [5.74, 6) is -0.545. The van der Waals surface area contributed by atoms with Crippen molar-refractivity contribution in [2.24, 2.45) is 5.92 Å². The molecule has 3 unspecified atom stereocenters. The number of carbonyl (C=O) groups excluding carboxylic acids is 2. The highest BCUT2D eigenvalue weighted by atomic mass is 31.3. The summed E-state index contributed by atoms with van der Waals surface area (Å²) in [7, 11) is -10.9. The topological polar surface area (TPSA) is 286 Å². The Morgan fingerprint density at radius 3 is 1.89 bits per heavy atom. The fourth-order valence-corrected chi connectivity index (χ4v) is 9.74. The molecule has 1 saturated heterocycles. The molecule has 7 N–H and O–H groups in total. The van der Waals surface area contributed by atoms with Crippen LogP contribution in [0.2, 0.25) is 0 Å². The van der Waals surface area contributed by atoms with Crippen molar-refractivity contribution in [1.29, 1.82) is 0 Å². The molecule has 0 saturated carbocycles. The molecule has 2 rings (SSSR count). The number of allylic oxidation sites excluding steroid dienone is 9. The normalized spacial score (nSPS) is 20.2. The second-order valence-corrected chi connectivity index (χ2v) is 21.8. The van der Waals surface area contributed by atoms with Gasteiger partial charge >= 0.3 is 33.3 Å². The van der Waals surface area contributed by atoms with E-state index < -0.39 is 89.8 Å². The van der Waals surface area contributed by atoms with Gasteiger partial charge in [-0.15, -0.1) is 0 Å². The second-order valence-electron chi connectivity index (χ2n) is 18.8. The maximum Gasteiger partial charge on any atom is 0.481 e. The van der Waals surface area contributed by atoms with Crippen LogP contribution in [0.3, 0.4) is 0 Å². The summed E-state index contributed by atoms with van der Waals surface area (Å²) in [6.07, 6.45) is 35.4. The van der Waals surface area contributed by atoms with E-state index in [0.717, 1.165) is 55.2 Å². The van der Waals surface area contributed by atoms with E-state index in [9.17, 15) is 48.6 Å². The van der Waals surface area contributed by atoms with Gasteiger partial charge in [0.15, 0.2) is 12.3 Å². The van der Waals surface area contributed by atoms with Crippen LogP contribution >= 0.6 is 15.6 Å². The lowest BCUT2D eigenvalue weighted by Gasteiger charge is -2.21. The zero-order chi connectivity index (χ0) is 54.5. The Morgan fingerprint density at radius 2 is 1.30 bits per heavy atom. The zero-order valence-electron chi connectivity index (χ0n) is 44.2. The molecule has 1 aliphatic rings. The Kier molecular flexibility index (Phi) is 35.7. The van der Waals surface area contributed by atoms with Gasteiger partial charge in [-0.3, -0.25) is 23.2 Å². The number of phosphoric acid groups is 2. The Bertz CT molecular complexity index is 2010. The molecule has 1 fully saturated rings. The number of nitrogens with zero attached hydrogens (tertiary/aromatic N) is 2. The minimum atomic E-state index is -5.45. The number of hydrogen-bond acceptors (Lipinski definition) is 16. The van der Waals surface area contributed by atoms with Gasteiger partial charge in [-0.1, -0.05) is 178 Å². The molecule has 422 valence electrons. The van der Waals surface area contributed by atoms with Gasteiger partial charge in [0, 0.05) is 19.0 Å². The monoisotopic (exact) mass is 1090 g/mol. The van der Waals surface area contributed by atoms with E-state index in [1.165, 1.54) is 76.7 Å². The largest absolute Gasteiger partial charge is 0.481 e. The molecule has 74 heavy (non-hydrogen) atoms. The van der Waals surface area contributed by atoms with E-state index in [-0.39, 0.29) is 18.7 Å². The average Bonchev–Trinajstić information content (AvgIpc) is 3.64. The molecular formula is C53H89N3O16P2. The lowest BCUT2D eigenvalue weighted by molar-refractivity contribution is -0.161. The molecule has 0 radical (unpaired) electrons. The number of rotatable bonds is 43. The number of nitrogens with two attached hydrogens (primary N) is 1. The van der Waals surface area contributed by atoms with Gasteiger partial charge in [-0.2, -0.15) is 9.29 Å². The third-order valence-corrected chi connectivity index (χ3v) is 14.9. The SMILES string of the molecule is CCC(C)CCCCCCCCCCCCCCCCC(=O)OC[C@H](COP(=O)(O)OP(=O)(O)OC[C@H]1O[C@@H](n2ccc(N)nc2=O)[C@H](O)[C@@H]1O)OC(=O)CCC/C=C\C/C=C\C/C=C\C/C=C\C=C\[C@H](O)CC. The highest BCUT2D eigenvalue weighted by Gasteiger charge is 2.46. The average molecular weight is 1090 g/mol. The second kappa shape index (κ2) is 39.7. The fraction of sp³-hybridized carbons (Fsp3) is 0.698. The molecule has 0 aliphatic carbocycles. The highest BCUT2D eigenvalue weighted by molar-refractivity contribution is 7.61. The number of hydrogen-bond donors (Lipinski definition) is 6. The Labute approximate surface area is 439 Å². The molecule has 0 spiro atoms. The first kappa shape index (κ1) is 66.5. The number of phosphoric ester groups is 2. The van der Waals surface area contributed by atoms with Crippen molar-refractivity contribution in [3.63, 3.8) is 0 Å². The molecule has 21 heteroatoms. The number of aliphatic hydroxyl groups is 3. The number of aliphatic hydroxyl groups excluding tert-OH is 3. The van der Waals surface area contributed by atoms with Crippen LogP contribution in [0.25, 0.3) is 0 Å². The van der Waals surface area contributed by atoms with Crippen LogP contribution in [0.15, 0.2) is 77.8 Å². The maximum atomic E-state index is 12.9. The molecular weight excluding hydrogens is 997 g/mol. The minimum absolute atomic E-state index is 0.0430. The van der Waals surface area contributed by atoms with Crippen LogP contribution in [0.5, 0.6) is 0 Å². The molecule has 1 aliphatic heterocycles. The molecule has 19 nitrogen and oxygen atoms in total. The standard InChI is InChI=1S/C53H89N3O16P2/c1-4-43(3)34-30-26-22-18-14-10-6-8-12-16-20-24-28-32-36-48(58)67-40-45(70-49(59)37-33-29-25-21-17-13-9-7-11-15-19-23-27-31-35-44(57)5-2)41-68-73(63,64)72-74(65,66)69-42-46-50(60)51(61)52(71-46)56-39-38-47(54)55-53(56)62/h9,11,13,15,21,23,25,27,31,35,38-39,43-46,50-52,57,60-61H,4-8,10,12,14,16-20,22,24,26,28-30,32-34,36-37,40-42H2,1-3H3,(H,63,64)(H,65,66)(H2,54,55,62)/b13-9-,15-11-,25-21-,27-23-,35-31+/t43?,44-,45-,46-,50-,51-,52-/m1/s1. The van der Waals surface area contributed by atoms with E-state index >= 15 is 0 Å². The van der Waals surface area contributed by atoms with Gasteiger partial charge in [-0.25, -0.2) is 13.9 Å². The van der Waals surface area contributed by atoms with E-state index in [2.05, 4.69) is 35.3 Å². The van der Waals surface area contributed by atoms with Crippen molar-refractivity contribution < 1.29 is 71.4 Å². The first-order valence-corrected chi connectivity index (χ1v) is 29.8. The third-order valence-electron chi connectivity index (χ3n) is 12.3. The number of esters is 2. The van der Waals surface area contributed by atoms with Gasteiger partial charge in [0.1, 0.15) is 30.7 Å². The van der Waals surface area contributed by atoms with E-state index in [4.69, 9.17) is 29.0 Å². The predicted molar refractivity (Wildman–Crippen MR) is 285 cm³/mol. The third kappa shape index (κ3) is 32.1. The first-order valence-electron chi connectivity index (χ1n) is 26.8. The molecule has 1 aromatic heterocycles. The number of nitrogen functional groups attached to an aromatic ring is 1. The van der Waals surface area contributed by atoms with Crippen molar-refractivity contribution in [2.75, 3.05) is 25.6 Å². The maximum absolute atomic E-state index is 12.9. The summed E-state index contributed by atoms with van der Waals surface area (Å²) in [6, 6.07) is 1.24. The molecule has 9 atom stereocenters. The summed E-state index contributed by atoms with van der Waals surface area (Å²) >= 11 is 0. The quantitative estimate of drug-likeness (QED) is 0.0117. The zero-order valence-corrected chi connectivity index (χ0v) is 45.9. The summed E-state index contributed by atoms with van der Waals surface area (Å²) in [5.41, 5.74) is 4.58. The van der Waals surface area contributed by atoms with Crippen LogP contribution in [0.4, 0.5) is 5.82 Å². The van der Waals surface area contributed by atoms with Gasteiger partial charge in [0.25, 0.3) is 0 Å². The fourth-order valence-electron chi connectivity index (χ4n) is 7.63. The van der Waals surface area contributed by atoms with E-state index in [1.807, 2.05) is 49.5 Å². The lowest BCUT2D eigenvalue weighted by atomic mass is 9.99. The summed E-state index contributed by atoms with van der Waals surface area (Å²) in [6.45, 7) is 4.13. The van der Waals surface area contributed by atoms with Gasteiger partial charge in [0.2, 0.25) is 0 Å². The van der Waals surface area contributed by atoms with Gasteiger partial charge < -0.3 is 45.1 Å². The minimum Gasteiger partial charge on any atom is -0.462 e. The van der Waals surface area contributed by atoms with Crippen molar-refractivity contribution in [3.05, 3.63) is 83.5 Å². The number of carbonyl (C=O) groups is 2. The van der Waals surface area contributed by atoms with Gasteiger partial charge in [0.05, 0.1) is 19.3 Å². The Balaban J connectivity index is 1.81. The molecule has 2 heterocycles. The first-order chi connectivity index (χ1) is 35.5. The van der Waals surface area contributed by atoms with Crippen LogP contribution in [0, 0.1) is 5.92 Å². The Morgan fingerprint density at radius 1 is 0.743 bits per heavy atom. The smallest absolute Gasteiger partial charge is 0.462 e. The summed E-state index contributed by atoms with van der Waals surface area (Å²) < 4.78 is 56.8. The van der Waals surface area contributed by atoms with E-state index in [1.54, 1.807) is 6.08 Å².